The van der Waals surface area contributed by atoms with Gasteiger partial charge in [0.15, 0.2) is 0 Å². The molecule has 2 aromatic rings. The topological polar surface area (TPSA) is 90.3 Å². The van der Waals surface area contributed by atoms with Gasteiger partial charge < -0.3 is 14.9 Å². The van der Waals surface area contributed by atoms with Crippen molar-refractivity contribution in [2.24, 2.45) is 0 Å². The van der Waals surface area contributed by atoms with Gasteiger partial charge in [0.05, 0.1) is 6.61 Å². The summed E-state index contributed by atoms with van der Waals surface area (Å²) in [7, 11) is 0. The summed E-state index contributed by atoms with van der Waals surface area (Å²) in [6, 6.07) is 18.9. The maximum absolute atomic E-state index is 9.10. The number of hydrogen-bond donors (Lipinski definition) is 2. The Balaban J connectivity index is 0.000000501. The summed E-state index contributed by atoms with van der Waals surface area (Å²) in [5.74, 6) is -2.62. The van der Waals surface area contributed by atoms with Crippen LogP contribution < -0.4 is 4.74 Å². The van der Waals surface area contributed by atoms with E-state index in [1.54, 1.807) is 0 Å². The summed E-state index contributed by atoms with van der Waals surface area (Å²) in [5, 5.41) is 14.8. The molecule has 0 radical (unpaired) electrons. The minimum absolute atomic E-state index is 0.721. The molecule has 0 spiro atoms. The van der Waals surface area contributed by atoms with E-state index in [1.165, 1.54) is 11.1 Å². The molecule has 2 aromatic carbocycles. The summed E-state index contributed by atoms with van der Waals surface area (Å²) in [5.41, 5.74) is 2.57. The van der Waals surface area contributed by atoms with E-state index in [0.717, 1.165) is 51.6 Å². The summed E-state index contributed by atoms with van der Waals surface area (Å²) in [6.07, 6.45) is 4.49. The molecule has 0 atom stereocenters. The van der Waals surface area contributed by atoms with Gasteiger partial charge >= 0.3 is 11.9 Å². The van der Waals surface area contributed by atoms with Gasteiger partial charge in [-0.05, 0) is 18.6 Å². The van der Waals surface area contributed by atoms with Crippen molar-refractivity contribution in [3.8, 4) is 5.75 Å². The Morgan fingerprint density at radius 2 is 1.48 bits per heavy atom. The number of aliphatic carboxylic acids is 2. The zero-order valence-corrected chi connectivity index (χ0v) is 17.8. The number of benzene rings is 2. The van der Waals surface area contributed by atoms with Crippen molar-refractivity contribution < 1.29 is 24.5 Å². The predicted molar refractivity (Wildman–Crippen MR) is 120 cm³/mol. The molecule has 7 heteroatoms. The highest BCUT2D eigenvalue weighted by atomic mass is 16.5. The third-order valence-corrected chi connectivity index (χ3v) is 4.79. The van der Waals surface area contributed by atoms with E-state index in [2.05, 4.69) is 70.5 Å². The summed E-state index contributed by atoms with van der Waals surface area (Å²) >= 11 is 0. The minimum Gasteiger partial charge on any atom is -0.494 e. The van der Waals surface area contributed by atoms with Crippen LogP contribution in [0, 0.1) is 0 Å². The van der Waals surface area contributed by atoms with Crippen molar-refractivity contribution in [2.75, 3.05) is 39.3 Å². The number of carboxylic acids is 2. The molecule has 0 aromatic heterocycles. The molecule has 0 unspecified atom stereocenters. The number of carboxylic acid groups (broad SMARTS) is 2. The lowest BCUT2D eigenvalue weighted by molar-refractivity contribution is -0.159. The quantitative estimate of drug-likeness (QED) is 0.658. The molecule has 0 aliphatic carbocycles. The molecule has 0 bridgehead atoms. The number of ether oxygens (including phenoxy) is 1. The maximum Gasteiger partial charge on any atom is 0.414 e. The number of rotatable bonds is 7. The molecule has 1 saturated heterocycles. The van der Waals surface area contributed by atoms with E-state index < -0.39 is 11.9 Å². The lowest BCUT2D eigenvalue weighted by atomic mass is 10.1. The number of nitrogens with zero attached hydrogens (tertiary/aromatic N) is 2. The maximum atomic E-state index is 9.10. The highest BCUT2D eigenvalue weighted by Crippen LogP contribution is 2.20. The Bertz CT molecular complexity index is 834. The molecule has 0 amide bonds. The summed E-state index contributed by atoms with van der Waals surface area (Å²) in [6.45, 7) is 9.23. The molecule has 1 aliphatic heterocycles. The van der Waals surface area contributed by atoms with E-state index >= 15 is 0 Å². The normalized spacial score (nSPS) is 14.6. The van der Waals surface area contributed by atoms with Crippen molar-refractivity contribution in [1.29, 1.82) is 0 Å². The molecular weight excluding hydrogens is 396 g/mol. The van der Waals surface area contributed by atoms with Crippen LogP contribution in [0.5, 0.6) is 5.75 Å². The molecular formula is C24H30N2O5. The van der Waals surface area contributed by atoms with Gasteiger partial charge in [-0.2, -0.15) is 0 Å². The lowest BCUT2D eigenvalue weighted by Gasteiger charge is -2.34. The first-order valence-corrected chi connectivity index (χ1v) is 10.3. The fraction of sp³-hybridized carbons (Fsp3) is 0.333. The fourth-order valence-corrected chi connectivity index (χ4v) is 3.20. The Kier molecular flexibility index (Phi) is 10.3. The second-order valence-corrected chi connectivity index (χ2v) is 7.04. The molecule has 1 aliphatic rings. The van der Waals surface area contributed by atoms with Crippen molar-refractivity contribution in [2.45, 2.75) is 13.5 Å². The zero-order chi connectivity index (χ0) is 22.5. The highest BCUT2D eigenvalue weighted by molar-refractivity contribution is 6.27. The standard InChI is InChI=1S/C22H28N2O.C2H2O4/c1-2-25-22-13-7-6-12-21(22)19-24-17-15-23(16-18-24)14-8-11-20-9-4-3-5-10-20;3-1(4)2(5)6/h3-13H,2,14-19H2,1H3;(H,3,4)(H,5,6)/b11-8+;. The van der Waals surface area contributed by atoms with Crippen LogP contribution in [0.1, 0.15) is 18.1 Å². The van der Waals surface area contributed by atoms with E-state index in [9.17, 15) is 0 Å². The Morgan fingerprint density at radius 3 is 2.10 bits per heavy atom. The van der Waals surface area contributed by atoms with Gasteiger partial charge in [-0.3, -0.25) is 9.80 Å². The van der Waals surface area contributed by atoms with Crippen molar-refractivity contribution in [3.63, 3.8) is 0 Å². The molecule has 1 heterocycles. The molecule has 166 valence electrons. The van der Waals surface area contributed by atoms with Gasteiger partial charge in [-0.15, -0.1) is 0 Å². The first kappa shape index (κ1) is 24.1. The summed E-state index contributed by atoms with van der Waals surface area (Å²) < 4.78 is 5.75. The summed E-state index contributed by atoms with van der Waals surface area (Å²) in [4.78, 5) is 23.2. The second kappa shape index (κ2) is 13.2. The van der Waals surface area contributed by atoms with Crippen LogP contribution in [-0.4, -0.2) is 71.3 Å². The third kappa shape index (κ3) is 9.02. The van der Waals surface area contributed by atoms with Gasteiger partial charge in [0.2, 0.25) is 0 Å². The Hall–Kier alpha value is -3.16. The van der Waals surface area contributed by atoms with Gasteiger partial charge in [0, 0.05) is 44.8 Å². The number of hydrogen-bond acceptors (Lipinski definition) is 5. The molecule has 2 N–H and O–H groups in total. The Labute approximate surface area is 183 Å². The van der Waals surface area contributed by atoms with Crippen LogP contribution in [0.3, 0.4) is 0 Å². The van der Waals surface area contributed by atoms with Crippen LogP contribution >= 0.6 is 0 Å². The predicted octanol–water partition coefficient (Wildman–Crippen LogP) is 3.07. The third-order valence-electron chi connectivity index (χ3n) is 4.79. The minimum atomic E-state index is -1.82. The van der Waals surface area contributed by atoms with Crippen LogP contribution in [-0.2, 0) is 16.1 Å². The average molecular weight is 427 g/mol. The average Bonchev–Trinajstić information content (AvgIpc) is 2.78. The molecule has 3 rings (SSSR count). The Morgan fingerprint density at radius 1 is 0.903 bits per heavy atom. The van der Waals surface area contributed by atoms with Crippen molar-refractivity contribution in [3.05, 3.63) is 71.8 Å². The van der Waals surface area contributed by atoms with E-state index in [1.807, 2.05) is 13.0 Å². The van der Waals surface area contributed by atoms with Gasteiger partial charge in [0.25, 0.3) is 0 Å². The van der Waals surface area contributed by atoms with Crippen LogP contribution in [0.2, 0.25) is 0 Å². The van der Waals surface area contributed by atoms with E-state index in [0.29, 0.717) is 0 Å². The molecule has 0 saturated carbocycles. The number of piperazine rings is 1. The van der Waals surface area contributed by atoms with Crippen LogP contribution in [0.15, 0.2) is 60.7 Å². The van der Waals surface area contributed by atoms with Gasteiger partial charge in [-0.1, -0.05) is 60.7 Å². The molecule has 1 fully saturated rings. The lowest BCUT2D eigenvalue weighted by Crippen LogP contribution is -2.45. The van der Waals surface area contributed by atoms with Gasteiger partial charge in [-0.25, -0.2) is 9.59 Å². The van der Waals surface area contributed by atoms with Crippen LogP contribution in [0.25, 0.3) is 6.08 Å². The highest BCUT2D eigenvalue weighted by Gasteiger charge is 2.17. The van der Waals surface area contributed by atoms with E-state index in [4.69, 9.17) is 24.5 Å². The van der Waals surface area contributed by atoms with Gasteiger partial charge in [0.1, 0.15) is 5.75 Å². The first-order valence-electron chi connectivity index (χ1n) is 10.3. The largest absolute Gasteiger partial charge is 0.494 e. The van der Waals surface area contributed by atoms with Crippen LogP contribution in [0.4, 0.5) is 0 Å². The van der Waals surface area contributed by atoms with E-state index in [-0.39, 0.29) is 0 Å². The SMILES string of the molecule is CCOc1ccccc1CN1CCN(C/C=C/c2ccccc2)CC1.O=C(O)C(=O)O. The zero-order valence-electron chi connectivity index (χ0n) is 17.8. The first-order chi connectivity index (χ1) is 15.0. The number of para-hydroxylation sites is 1. The fourth-order valence-electron chi connectivity index (χ4n) is 3.20. The van der Waals surface area contributed by atoms with Crippen molar-refractivity contribution in [1.82, 2.24) is 9.80 Å². The smallest absolute Gasteiger partial charge is 0.414 e. The number of carbonyl (C=O) groups is 2. The second-order valence-electron chi connectivity index (χ2n) is 7.04. The monoisotopic (exact) mass is 426 g/mol. The molecule has 7 nitrogen and oxygen atoms in total. The molecule has 31 heavy (non-hydrogen) atoms. The van der Waals surface area contributed by atoms with Crippen molar-refractivity contribution >= 4 is 18.0 Å².